The van der Waals surface area contributed by atoms with Crippen molar-refractivity contribution in [2.45, 2.75) is 25.6 Å². The molecule has 0 aromatic heterocycles. The third-order valence-electron chi connectivity index (χ3n) is 4.70. The Labute approximate surface area is 192 Å². The number of amides is 2. The zero-order valence-electron chi connectivity index (χ0n) is 18.1. The van der Waals surface area contributed by atoms with Crippen LogP contribution >= 0.6 is 11.6 Å². The van der Waals surface area contributed by atoms with Crippen molar-refractivity contribution < 1.29 is 28.6 Å². The van der Waals surface area contributed by atoms with Crippen LogP contribution in [0.1, 0.15) is 17.5 Å². The number of benzene rings is 2. The van der Waals surface area contributed by atoms with Crippen molar-refractivity contribution in [2.24, 2.45) is 0 Å². The van der Waals surface area contributed by atoms with Gasteiger partial charge in [0, 0.05) is 13.1 Å². The Morgan fingerprint density at radius 2 is 1.69 bits per heavy atom. The summed E-state index contributed by atoms with van der Waals surface area (Å²) in [6, 6.07) is 15.4. The van der Waals surface area contributed by atoms with E-state index in [9.17, 15) is 14.4 Å². The Hall–Kier alpha value is -3.26. The van der Waals surface area contributed by atoms with Crippen LogP contribution in [0.15, 0.2) is 54.6 Å². The van der Waals surface area contributed by atoms with Gasteiger partial charge in [0.1, 0.15) is 24.3 Å². The summed E-state index contributed by atoms with van der Waals surface area (Å²) in [5, 5.41) is 2.60. The summed E-state index contributed by atoms with van der Waals surface area (Å²) in [5.74, 6) is -0.649. The Kier molecular flexibility index (Phi) is 10.3. The fraction of sp³-hybridized carbons (Fsp3) is 0.348. The SMILES string of the molecule is COC(=O)[C@H](CCNC(=O)OCc1ccccc1)N(Cc1ccc(OC)cc1)C(=O)CCl. The highest BCUT2D eigenvalue weighted by Crippen LogP contribution is 2.17. The molecular weight excluding hydrogens is 436 g/mol. The van der Waals surface area contributed by atoms with E-state index in [1.807, 2.05) is 30.3 Å². The van der Waals surface area contributed by atoms with Gasteiger partial charge in [-0.15, -0.1) is 11.6 Å². The van der Waals surface area contributed by atoms with E-state index in [1.165, 1.54) is 12.0 Å². The predicted octanol–water partition coefficient (Wildman–Crippen LogP) is 3.12. The van der Waals surface area contributed by atoms with Crippen molar-refractivity contribution in [3.05, 3.63) is 65.7 Å². The van der Waals surface area contributed by atoms with Gasteiger partial charge in [-0.3, -0.25) is 4.79 Å². The van der Waals surface area contributed by atoms with Gasteiger partial charge in [0.25, 0.3) is 0 Å². The van der Waals surface area contributed by atoms with Crippen LogP contribution in [0.5, 0.6) is 5.75 Å². The van der Waals surface area contributed by atoms with E-state index in [4.69, 9.17) is 25.8 Å². The quantitative estimate of drug-likeness (QED) is 0.407. The standard InChI is InChI=1S/C23H27ClN2O6/c1-30-19-10-8-17(9-11-19)15-26(21(27)14-24)20(22(28)31-2)12-13-25-23(29)32-16-18-6-4-3-5-7-18/h3-11,20H,12-16H2,1-2H3,(H,25,29)/t20-/m0/s1. The van der Waals surface area contributed by atoms with Gasteiger partial charge < -0.3 is 24.4 Å². The van der Waals surface area contributed by atoms with Gasteiger partial charge in [-0.1, -0.05) is 42.5 Å². The molecule has 0 fully saturated rings. The zero-order valence-corrected chi connectivity index (χ0v) is 18.8. The minimum atomic E-state index is -0.928. The number of alkyl halides is 1. The molecule has 0 aliphatic rings. The molecule has 0 bridgehead atoms. The zero-order chi connectivity index (χ0) is 23.3. The van der Waals surface area contributed by atoms with E-state index in [0.29, 0.717) is 5.75 Å². The van der Waals surface area contributed by atoms with Crippen molar-refractivity contribution in [3.63, 3.8) is 0 Å². The number of alkyl carbamates (subject to hydrolysis) is 1. The molecule has 2 rings (SSSR count). The Bertz CT molecular complexity index is 876. The summed E-state index contributed by atoms with van der Waals surface area (Å²) in [7, 11) is 2.80. The molecular formula is C23H27ClN2O6. The molecule has 1 N–H and O–H groups in total. The van der Waals surface area contributed by atoms with E-state index >= 15 is 0 Å². The lowest BCUT2D eigenvalue weighted by molar-refractivity contribution is -0.152. The fourth-order valence-corrected chi connectivity index (χ4v) is 3.15. The van der Waals surface area contributed by atoms with Crippen LogP contribution < -0.4 is 10.1 Å². The van der Waals surface area contributed by atoms with E-state index in [-0.39, 0.29) is 32.0 Å². The average molecular weight is 463 g/mol. The average Bonchev–Trinajstić information content (AvgIpc) is 2.84. The number of carbonyl (C=O) groups excluding carboxylic acids is 3. The van der Waals surface area contributed by atoms with E-state index in [1.54, 1.807) is 31.4 Å². The highest BCUT2D eigenvalue weighted by molar-refractivity contribution is 6.27. The van der Waals surface area contributed by atoms with Crippen LogP contribution in [0.2, 0.25) is 0 Å². The molecule has 2 aromatic rings. The van der Waals surface area contributed by atoms with Gasteiger partial charge in [-0.2, -0.15) is 0 Å². The van der Waals surface area contributed by atoms with Crippen molar-refractivity contribution >= 4 is 29.6 Å². The number of rotatable bonds is 11. The van der Waals surface area contributed by atoms with Crippen LogP contribution in [0, 0.1) is 0 Å². The molecule has 0 radical (unpaired) electrons. The first-order chi connectivity index (χ1) is 15.5. The number of methoxy groups -OCH3 is 2. The molecule has 2 amide bonds. The second kappa shape index (κ2) is 13.2. The number of esters is 1. The second-order valence-electron chi connectivity index (χ2n) is 6.82. The van der Waals surface area contributed by atoms with Gasteiger partial charge in [-0.25, -0.2) is 9.59 Å². The molecule has 0 heterocycles. The normalized spacial score (nSPS) is 11.2. The third kappa shape index (κ3) is 7.77. The Balaban J connectivity index is 1.99. The summed E-state index contributed by atoms with van der Waals surface area (Å²) in [6.45, 7) is 0.372. The Morgan fingerprint density at radius 3 is 2.28 bits per heavy atom. The minimum Gasteiger partial charge on any atom is -0.497 e. The highest BCUT2D eigenvalue weighted by atomic mass is 35.5. The molecule has 9 heteroatoms. The van der Waals surface area contributed by atoms with Gasteiger partial charge in [-0.05, 0) is 29.7 Å². The maximum absolute atomic E-state index is 12.5. The van der Waals surface area contributed by atoms with E-state index in [0.717, 1.165) is 11.1 Å². The third-order valence-corrected chi connectivity index (χ3v) is 4.92. The lowest BCUT2D eigenvalue weighted by Gasteiger charge is -2.29. The number of nitrogens with zero attached hydrogens (tertiary/aromatic N) is 1. The van der Waals surface area contributed by atoms with Crippen molar-refractivity contribution in [1.29, 1.82) is 0 Å². The lowest BCUT2D eigenvalue weighted by Crippen LogP contribution is -2.47. The summed E-state index contributed by atoms with van der Waals surface area (Å²) < 4.78 is 15.2. The highest BCUT2D eigenvalue weighted by Gasteiger charge is 2.30. The van der Waals surface area contributed by atoms with Crippen LogP contribution in [-0.2, 0) is 32.2 Å². The van der Waals surface area contributed by atoms with Crippen molar-refractivity contribution in [3.8, 4) is 5.75 Å². The minimum absolute atomic E-state index is 0.0993. The number of hydrogen-bond acceptors (Lipinski definition) is 6. The van der Waals surface area contributed by atoms with Crippen LogP contribution in [0.4, 0.5) is 4.79 Å². The molecule has 2 aromatic carbocycles. The maximum atomic E-state index is 12.5. The topological polar surface area (TPSA) is 94.2 Å². The van der Waals surface area contributed by atoms with Crippen LogP contribution in [-0.4, -0.2) is 55.6 Å². The fourth-order valence-electron chi connectivity index (χ4n) is 3.00. The molecule has 8 nitrogen and oxygen atoms in total. The van der Waals surface area contributed by atoms with Crippen molar-refractivity contribution in [2.75, 3.05) is 26.6 Å². The first-order valence-corrected chi connectivity index (χ1v) is 10.5. The molecule has 0 saturated carbocycles. The summed E-state index contributed by atoms with van der Waals surface area (Å²) in [4.78, 5) is 38.3. The van der Waals surface area contributed by atoms with Crippen LogP contribution in [0.3, 0.4) is 0 Å². The molecule has 1 atom stereocenters. The predicted molar refractivity (Wildman–Crippen MR) is 119 cm³/mol. The summed E-state index contributed by atoms with van der Waals surface area (Å²) >= 11 is 5.78. The van der Waals surface area contributed by atoms with Crippen molar-refractivity contribution in [1.82, 2.24) is 10.2 Å². The first kappa shape index (κ1) is 25.0. The molecule has 172 valence electrons. The molecule has 0 aliphatic carbocycles. The molecule has 0 unspecified atom stereocenters. The molecule has 0 saturated heterocycles. The lowest BCUT2D eigenvalue weighted by atomic mass is 10.1. The number of carbonyl (C=O) groups is 3. The number of nitrogens with one attached hydrogen (secondary N) is 1. The number of hydrogen-bond donors (Lipinski definition) is 1. The smallest absolute Gasteiger partial charge is 0.407 e. The number of halogens is 1. The van der Waals surface area contributed by atoms with Gasteiger partial charge in [0.2, 0.25) is 5.91 Å². The Morgan fingerprint density at radius 1 is 1.00 bits per heavy atom. The maximum Gasteiger partial charge on any atom is 0.407 e. The first-order valence-electron chi connectivity index (χ1n) is 9.99. The molecule has 0 aliphatic heterocycles. The van der Waals surface area contributed by atoms with Gasteiger partial charge in [0.05, 0.1) is 14.2 Å². The second-order valence-corrected chi connectivity index (χ2v) is 7.09. The van der Waals surface area contributed by atoms with Crippen LogP contribution in [0.25, 0.3) is 0 Å². The largest absolute Gasteiger partial charge is 0.497 e. The monoisotopic (exact) mass is 462 g/mol. The van der Waals surface area contributed by atoms with Gasteiger partial charge >= 0.3 is 12.1 Å². The summed E-state index contributed by atoms with van der Waals surface area (Å²) in [5.41, 5.74) is 1.64. The molecule has 0 spiro atoms. The van der Waals surface area contributed by atoms with Gasteiger partial charge in [0.15, 0.2) is 0 Å². The van der Waals surface area contributed by atoms with E-state index in [2.05, 4.69) is 5.32 Å². The van der Waals surface area contributed by atoms with E-state index < -0.39 is 24.0 Å². The summed E-state index contributed by atoms with van der Waals surface area (Å²) in [6.07, 6.45) is -0.492. The number of ether oxygens (including phenoxy) is 3. The molecule has 32 heavy (non-hydrogen) atoms.